The third-order valence-electron chi connectivity index (χ3n) is 2.02. The predicted molar refractivity (Wildman–Crippen MR) is 60.5 cm³/mol. The number of nitrogens with zero attached hydrogens (tertiary/aromatic N) is 2. The smallest absolute Gasteiger partial charge is 0.278 e. The van der Waals surface area contributed by atoms with Crippen molar-refractivity contribution in [1.82, 2.24) is 15.4 Å². The first-order valence-electron chi connectivity index (χ1n) is 4.61. The second-order valence-corrected chi connectivity index (χ2v) is 3.66. The van der Waals surface area contributed by atoms with Crippen LogP contribution in [0, 0.1) is 6.92 Å². The lowest BCUT2D eigenvalue weighted by Gasteiger charge is -2.03. The van der Waals surface area contributed by atoms with Crippen molar-refractivity contribution in [3.8, 4) is 0 Å². The van der Waals surface area contributed by atoms with Crippen LogP contribution in [-0.2, 0) is 0 Å². The molecule has 0 aliphatic carbocycles. The van der Waals surface area contributed by atoms with Gasteiger partial charge in [-0.05, 0) is 25.1 Å². The third-order valence-corrected chi connectivity index (χ3v) is 2.25. The monoisotopic (exact) mass is 236 g/mol. The molecule has 0 aliphatic rings. The molecule has 1 heterocycles. The first kappa shape index (κ1) is 10.6. The molecule has 5 nitrogen and oxygen atoms in total. The topological polar surface area (TPSA) is 70.7 Å². The highest BCUT2D eigenvalue weighted by Crippen LogP contribution is 2.15. The SMILES string of the molecule is Cc1n[nH]nc1C(=O)Nc1cccc(Cl)c1. The number of aryl methyl sites for hydroxylation is 1. The van der Waals surface area contributed by atoms with Gasteiger partial charge in [0, 0.05) is 10.7 Å². The second kappa shape index (κ2) is 4.32. The summed E-state index contributed by atoms with van der Waals surface area (Å²) >= 11 is 5.80. The molecule has 1 aromatic carbocycles. The Balaban J connectivity index is 2.17. The van der Waals surface area contributed by atoms with Gasteiger partial charge in [0.05, 0.1) is 5.69 Å². The predicted octanol–water partition coefficient (Wildman–Crippen LogP) is 2.02. The molecular formula is C10H9ClN4O. The maximum absolute atomic E-state index is 11.7. The number of aromatic amines is 1. The minimum atomic E-state index is -0.312. The van der Waals surface area contributed by atoms with E-state index in [4.69, 9.17) is 11.6 Å². The zero-order valence-corrected chi connectivity index (χ0v) is 9.25. The minimum absolute atomic E-state index is 0.278. The number of carbonyl (C=O) groups excluding carboxylic acids is 1. The van der Waals surface area contributed by atoms with Crippen molar-refractivity contribution >= 4 is 23.2 Å². The number of carbonyl (C=O) groups is 1. The quantitative estimate of drug-likeness (QED) is 0.838. The Kier molecular flexibility index (Phi) is 2.87. The van der Waals surface area contributed by atoms with Crippen LogP contribution in [0.15, 0.2) is 24.3 Å². The zero-order chi connectivity index (χ0) is 11.5. The van der Waals surface area contributed by atoms with E-state index in [0.29, 0.717) is 16.4 Å². The summed E-state index contributed by atoms with van der Waals surface area (Å²) in [6.45, 7) is 1.70. The lowest BCUT2D eigenvalue weighted by Crippen LogP contribution is -2.13. The van der Waals surface area contributed by atoms with Crippen LogP contribution in [0.2, 0.25) is 5.02 Å². The van der Waals surface area contributed by atoms with Crippen molar-refractivity contribution < 1.29 is 4.79 Å². The molecule has 2 N–H and O–H groups in total. The first-order valence-corrected chi connectivity index (χ1v) is 4.99. The number of benzene rings is 1. The summed E-state index contributed by atoms with van der Waals surface area (Å²) in [4.78, 5) is 11.7. The Hall–Kier alpha value is -1.88. The summed E-state index contributed by atoms with van der Waals surface area (Å²) in [5.74, 6) is -0.312. The molecule has 0 aliphatic heterocycles. The van der Waals surface area contributed by atoms with Gasteiger partial charge >= 0.3 is 0 Å². The number of rotatable bonds is 2. The number of H-pyrrole nitrogens is 1. The molecule has 6 heteroatoms. The second-order valence-electron chi connectivity index (χ2n) is 3.22. The van der Waals surface area contributed by atoms with E-state index in [1.54, 1.807) is 31.2 Å². The number of halogens is 1. The number of hydrogen-bond acceptors (Lipinski definition) is 3. The molecule has 0 fully saturated rings. The lowest BCUT2D eigenvalue weighted by atomic mass is 10.3. The van der Waals surface area contributed by atoms with E-state index < -0.39 is 0 Å². The van der Waals surface area contributed by atoms with Gasteiger partial charge in [0.15, 0.2) is 5.69 Å². The van der Waals surface area contributed by atoms with E-state index in [9.17, 15) is 4.79 Å². The van der Waals surface area contributed by atoms with Crippen LogP contribution in [-0.4, -0.2) is 21.3 Å². The summed E-state index contributed by atoms with van der Waals surface area (Å²) in [5.41, 5.74) is 1.46. The molecule has 1 aromatic heterocycles. The Morgan fingerprint density at radius 3 is 2.88 bits per heavy atom. The number of amides is 1. The van der Waals surface area contributed by atoms with Crippen molar-refractivity contribution in [1.29, 1.82) is 0 Å². The molecule has 82 valence electrons. The molecule has 16 heavy (non-hydrogen) atoms. The molecular weight excluding hydrogens is 228 g/mol. The van der Waals surface area contributed by atoms with Crippen LogP contribution >= 0.6 is 11.6 Å². The van der Waals surface area contributed by atoms with E-state index in [-0.39, 0.29) is 11.6 Å². The van der Waals surface area contributed by atoms with E-state index >= 15 is 0 Å². The normalized spacial score (nSPS) is 10.1. The van der Waals surface area contributed by atoms with Gasteiger partial charge in [-0.2, -0.15) is 15.4 Å². The zero-order valence-electron chi connectivity index (χ0n) is 8.49. The molecule has 0 bridgehead atoms. The van der Waals surface area contributed by atoms with E-state index in [0.717, 1.165) is 0 Å². The van der Waals surface area contributed by atoms with Crippen molar-refractivity contribution in [3.63, 3.8) is 0 Å². The van der Waals surface area contributed by atoms with Crippen LogP contribution < -0.4 is 5.32 Å². The van der Waals surface area contributed by atoms with Gasteiger partial charge < -0.3 is 5.32 Å². The Morgan fingerprint density at radius 2 is 2.25 bits per heavy atom. The van der Waals surface area contributed by atoms with Crippen molar-refractivity contribution in [2.75, 3.05) is 5.32 Å². The van der Waals surface area contributed by atoms with Gasteiger partial charge in [-0.15, -0.1) is 0 Å². The van der Waals surface area contributed by atoms with Gasteiger partial charge in [0.25, 0.3) is 5.91 Å². The summed E-state index contributed by atoms with van der Waals surface area (Å²) in [5, 5.41) is 13.2. The van der Waals surface area contributed by atoms with Gasteiger partial charge in [-0.3, -0.25) is 4.79 Å². The average Bonchev–Trinajstić information content (AvgIpc) is 2.64. The van der Waals surface area contributed by atoms with Gasteiger partial charge in [0.2, 0.25) is 0 Å². The van der Waals surface area contributed by atoms with Crippen LogP contribution in [0.5, 0.6) is 0 Å². The number of aromatic nitrogens is 3. The van der Waals surface area contributed by atoms with Gasteiger partial charge in [-0.1, -0.05) is 17.7 Å². The van der Waals surface area contributed by atoms with Gasteiger partial charge in [-0.25, -0.2) is 0 Å². The molecule has 2 rings (SSSR count). The largest absolute Gasteiger partial charge is 0.320 e. The van der Waals surface area contributed by atoms with Gasteiger partial charge in [0.1, 0.15) is 0 Å². The van der Waals surface area contributed by atoms with E-state index in [1.165, 1.54) is 0 Å². The number of hydrogen-bond donors (Lipinski definition) is 2. The fraction of sp³-hybridized carbons (Fsp3) is 0.100. The number of nitrogens with one attached hydrogen (secondary N) is 2. The molecule has 0 saturated carbocycles. The van der Waals surface area contributed by atoms with Crippen molar-refractivity contribution in [3.05, 3.63) is 40.7 Å². The van der Waals surface area contributed by atoms with Crippen LogP contribution in [0.1, 0.15) is 16.2 Å². The maximum Gasteiger partial charge on any atom is 0.278 e. The summed E-state index contributed by atoms with van der Waals surface area (Å²) in [7, 11) is 0. The third kappa shape index (κ3) is 2.20. The van der Waals surface area contributed by atoms with Crippen LogP contribution in [0.3, 0.4) is 0 Å². The van der Waals surface area contributed by atoms with Crippen molar-refractivity contribution in [2.24, 2.45) is 0 Å². The fourth-order valence-corrected chi connectivity index (χ4v) is 1.45. The summed E-state index contributed by atoms with van der Waals surface area (Å²) in [6, 6.07) is 6.90. The highest BCUT2D eigenvalue weighted by Gasteiger charge is 2.13. The van der Waals surface area contributed by atoms with Crippen molar-refractivity contribution in [2.45, 2.75) is 6.92 Å². The molecule has 2 aromatic rings. The lowest BCUT2D eigenvalue weighted by molar-refractivity contribution is 0.102. The molecule has 0 atom stereocenters. The highest BCUT2D eigenvalue weighted by atomic mass is 35.5. The summed E-state index contributed by atoms with van der Waals surface area (Å²) in [6.07, 6.45) is 0. The highest BCUT2D eigenvalue weighted by molar-refractivity contribution is 6.30. The Bertz CT molecular complexity index is 523. The average molecular weight is 237 g/mol. The molecule has 0 saturated heterocycles. The molecule has 0 spiro atoms. The maximum atomic E-state index is 11.7. The molecule has 0 unspecified atom stereocenters. The molecule has 0 radical (unpaired) electrons. The number of anilines is 1. The van der Waals surface area contributed by atoms with Crippen LogP contribution in [0.4, 0.5) is 5.69 Å². The first-order chi connectivity index (χ1) is 7.66. The summed E-state index contributed by atoms with van der Waals surface area (Å²) < 4.78 is 0. The Labute approximate surface area is 96.8 Å². The minimum Gasteiger partial charge on any atom is -0.320 e. The van der Waals surface area contributed by atoms with Crippen LogP contribution in [0.25, 0.3) is 0 Å². The van der Waals surface area contributed by atoms with E-state index in [1.807, 2.05) is 0 Å². The van der Waals surface area contributed by atoms with E-state index in [2.05, 4.69) is 20.7 Å². The Morgan fingerprint density at radius 1 is 1.44 bits per heavy atom. The fourth-order valence-electron chi connectivity index (χ4n) is 1.26. The molecule has 1 amide bonds. The standard InChI is InChI=1S/C10H9ClN4O/c1-6-9(14-15-13-6)10(16)12-8-4-2-3-7(11)5-8/h2-5H,1H3,(H,12,16)(H,13,14,15).